The molecule has 3 aromatic rings. The first-order chi connectivity index (χ1) is 14.9. The number of nitrogens with zero attached hydrogens (tertiary/aromatic N) is 2. The van der Waals surface area contributed by atoms with Crippen molar-refractivity contribution in [2.24, 2.45) is 0 Å². The number of hydrogen-bond donors (Lipinski definition) is 0. The van der Waals surface area contributed by atoms with Gasteiger partial charge in [0.05, 0.1) is 12.8 Å². The highest BCUT2D eigenvalue weighted by Gasteiger charge is 2.38. The van der Waals surface area contributed by atoms with Crippen LogP contribution in [0.15, 0.2) is 83.7 Å². The minimum Gasteiger partial charge on any atom is -0.465 e. The number of carbonyl (C=O) groups excluding carboxylic acids is 2. The van der Waals surface area contributed by atoms with E-state index in [2.05, 4.69) is 22.8 Å². The third-order valence-corrected chi connectivity index (χ3v) is 5.58. The molecular weight excluding hydrogens is 388 g/mol. The predicted molar refractivity (Wildman–Crippen MR) is 122 cm³/mol. The summed E-state index contributed by atoms with van der Waals surface area (Å²) in [5, 5.41) is 0. The zero-order chi connectivity index (χ0) is 22.1. The Bertz CT molecular complexity index is 1220. The van der Waals surface area contributed by atoms with Crippen molar-refractivity contribution in [3.8, 4) is 5.69 Å². The SMILES string of the molecule is COC(=O)C1=C(C)N(c2ccccc2)/C(=C\c2cc(C)n(-c3ccccc3)c2C)C1=O. The summed E-state index contributed by atoms with van der Waals surface area (Å²) in [5.74, 6) is -0.959. The van der Waals surface area contributed by atoms with E-state index in [1.165, 1.54) is 7.11 Å². The number of ketones is 1. The Morgan fingerprint density at radius 2 is 1.48 bits per heavy atom. The van der Waals surface area contributed by atoms with E-state index >= 15 is 0 Å². The Labute approximate surface area is 181 Å². The van der Waals surface area contributed by atoms with Crippen molar-refractivity contribution in [3.63, 3.8) is 0 Å². The molecule has 0 atom stereocenters. The second-order valence-electron chi connectivity index (χ2n) is 7.48. The molecule has 2 aromatic carbocycles. The van der Waals surface area contributed by atoms with Gasteiger partial charge in [0, 0.05) is 28.5 Å². The molecule has 0 radical (unpaired) electrons. The molecule has 0 N–H and O–H groups in total. The minimum atomic E-state index is -0.624. The lowest BCUT2D eigenvalue weighted by atomic mass is 10.1. The fraction of sp³-hybridized carbons (Fsp3) is 0.154. The average Bonchev–Trinajstić information content (AvgIpc) is 3.20. The fourth-order valence-corrected chi connectivity index (χ4v) is 4.12. The van der Waals surface area contributed by atoms with Crippen LogP contribution in [0.25, 0.3) is 11.8 Å². The Kier molecular flexibility index (Phi) is 5.34. The molecule has 5 heteroatoms. The van der Waals surface area contributed by atoms with Crippen LogP contribution in [-0.2, 0) is 14.3 Å². The van der Waals surface area contributed by atoms with Gasteiger partial charge in [-0.05, 0) is 62.7 Å². The molecule has 5 nitrogen and oxygen atoms in total. The number of anilines is 1. The van der Waals surface area contributed by atoms with Gasteiger partial charge in [0.25, 0.3) is 0 Å². The van der Waals surface area contributed by atoms with Gasteiger partial charge in [-0.2, -0.15) is 0 Å². The van der Waals surface area contributed by atoms with E-state index < -0.39 is 5.97 Å². The number of Topliss-reactive ketones (excluding diaryl/α,β-unsaturated/α-hetero) is 1. The lowest BCUT2D eigenvalue weighted by Crippen LogP contribution is -2.18. The zero-order valence-electron chi connectivity index (χ0n) is 18.0. The van der Waals surface area contributed by atoms with Gasteiger partial charge in [0.1, 0.15) is 5.57 Å². The number of rotatable bonds is 4. The molecule has 0 amide bonds. The average molecular weight is 412 g/mol. The fourth-order valence-electron chi connectivity index (χ4n) is 4.12. The maximum atomic E-state index is 13.3. The van der Waals surface area contributed by atoms with Gasteiger partial charge < -0.3 is 14.2 Å². The van der Waals surface area contributed by atoms with Crippen LogP contribution >= 0.6 is 0 Å². The third kappa shape index (κ3) is 3.48. The summed E-state index contributed by atoms with van der Waals surface area (Å²) in [6, 6.07) is 21.7. The lowest BCUT2D eigenvalue weighted by Gasteiger charge is -2.21. The number of ether oxygens (including phenoxy) is 1. The largest absolute Gasteiger partial charge is 0.465 e. The Morgan fingerprint density at radius 1 is 0.903 bits per heavy atom. The summed E-state index contributed by atoms with van der Waals surface area (Å²) >= 11 is 0. The topological polar surface area (TPSA) is 51.5 Å². The molecule has 1 aliphatic rings. The van der Waals surface area contributed by atoms with Crippen LogP contribution in [0.2, 0.25) is 0 Å². The van der Waals surface area contributed by atoms with Crippen molar-refractivity contribution in [1.82, 2.24) is 4.57 Å². The third-order valence-electron chi connectivity index (χ3n) is 5.58. The van der Waals surface area contributed by atoms with Crippen LogP contribution in [-0.4, -0.2) is 23.4 Å². The molecule has 1 aromatic heterocycles. The van der Waals surface area contributed by atoms with Crippen molar-refractivity contribution < 1.29 is 14.3 Å². The van der Waals surface area contributed by atoms with Gasteiger partial charge in [0.2, 0.25) is 5.78 Å². The van der Waals surface area contributed by atoms with E-state index in [0.29, 0.717) is 11.4 Å². The standard InChI is InChI=1S/C26H24N2O3/c1-17-15-20(18(2)27(17)21-11-7-5-8-12-21)16-23-25(29)24(26(30)31-4)19(3)28(23)22-13-9-6-10-14-22/h5-16H,1-4H3/b23-16-. The number of esters is 1. The number of methoxy groups -OCH3 is 1. The molecule has 31 heavy (non-hydrogen) atoms. The second-order valence-corrected chi connectivity index (χ2v) is 7.48. The molecule has 0 saturated heterocycles. The Balaban J connectivity index is 1.87. The summed E-state index contributed by atoms with van der Waals surface area (Å²) in [6.07, 6.45) is 1.86. The first-order valence-corrected chi connectivity index (χ1v) is 10.1. The molecule has 156 valence electrons. The van der Waals surface area contributed by atoms with Crippen molar-refractivity contribution in [1.29, 1.82) is 0 Å². The molecule has 2 heterocycles. The van der Waals surface area contributed by atoms with Crippen molar-refractivity contribution in [3.05, 3.63) is 101 Å². The maximum Gasteiger partial charge on any atom is 0.343 e. The summed E-state index contributed by atoms with van der Waals surface area (Å²) in [6.45, 7) is 5.84. The van der Waals surface area contributed by atoms with Gasteiger partial charge in [-0.1, -0.05) is 36.4 Å². The number of aromatic nitrogens is 1. The second kappa shape index (κ2) is 8.11. The molecule has 1 aliphatic heterocycles. The predicted octanol–water partition coefficient (Wildman–Crippen LogP) is 4.97. The molecule has 0 spiro atoms. The van der Waals surface area contributed by atoms with Gasteiger partial charge in [-0.3, -0.25) is 4.79 Å². The smallest absolute Gasteiger partial charge is 0.343 e. The van der Waals surface area contributed by atoms with Crippen LogP contribution in [0.3, 0.4) is 0 Å². The molecule has 0 bridgehead atoms. The number of benzene rings is 2. The number of hydrogen-bond acceptors (Lipinski definition) is 4. The summed E-state index contributed by atoms with van der Waals surface area (Å²) < 4.78 is 7.04. The van der Waals surface area contributed by atoms with Crippen LogP contribution in [0.5, 0.6) is 0 Å². The monoisotopic (exact) mass is 412 g/mol. The number of para-hydroxylation sites is 2. The summed E-state index contributed by atoms with van der Waals surface area (Å²) in [5.41, 5.74) is 5.92. The van der Waals surface area contributed by atoms with Crippen molar-refractivity contribution in [2.75, 3.05) is 12.0 Å². The first-order valence-electron chi connectivity index (χ1n) is 10.1. The van der Waals surface area contributed by atoms with Crippen LogP contribution in [0.4, 0.5) is 5.69 Å². The quantitative estimate of drug-likeness (QED) is 0.345. The normalized spacial score (nSPS) is 15.2. The number of carbonyl (C=O) groups is 2. The van der Waals surface area contributed by atoms with E-state index in [4.69, 9.17) is 4.74 Å². The van der Waals surface area contributed by atoms with Gasteiger partial charge in [0.15, 0.2) is 0 Å². The highest BCUT2D eigenvalue weighted by molar-refractivity contribution is 6.30. The van der Waals surface area contributed by atoms with Crippen molar-refractivity contribution >= 4 is 23.5 Å². The van der Waals surface area contributed by atoms with E-state index in [0.717, 1.165) is 28.3 Å². The Hall–Kier alpha value is -3.86. The maximum absolute atomic E-state index is 13.3. The molecule has 0 aliphatic carbocycles. The minimum absolute atomic E-state index is 0.0643. The molecule has 4 rings (SSSR count). The van der Waals surface area contributed by atoms with Crippen molar-refractivity contribution in [2.45, 2.75) is 20.8 Å². The molecule has 0 unspecified atom stereocenters. The lowest BCUT2D eigenvalue weighted by molar-refractivity contribution is -0.137. The van der Waals surface area contributed by atoms with Crippen LogP contribution in [0, 0.1) is 13.8 Å². The van der Waals surface area contributed by atoms with Gasteiger partial charge in [-0.15, -0.1) is 0 Å². The summed E-state index contributed by atoms with van der Waals surface area (Å²) in [4.78, 5) is 27.5. The van der Waals surface area contributed by atoms with Gasteiger partial charge >= 0.3 is 5.97 Å². The Morgan fingerprint density at radius 3 is 2.06 bits per heavy atom. The van der Waals surface area contributed by atoms with E-state index in [9.17, 15) is 9.59 Å². The highest BCUT2D eigenvalue weighted by atomic mass is 16.5. The summed E-state index contributed by atoms with van der Waals surface area (Å²) in [7, 11) is 1.29. The molecule has 0 saturated carbocycles. The van der Waals surface area contributed by atoms with E-state index in [-0.39, 0.29) is 11.4 Å². The van der Waals surface area contributed by atoms with Crippen LogP contribution in [0.1, 0.15) is 23.9 Å². The van der Waals surface area contributed by atoms with Crippen LogP contribution < -0.4 is 4.90 Å². The number of aryl methyl sites for hydroxylation is 1. The molecular formula is C26H24N2O3. The van der Waals surface area contributed by atoms with E-state index in [1.807, 2.05) is 73.4 Å². The van der Waals surface area contributed by atoms with Gasteiger partial charge in [-0.25, -0.2) is 4.79 Å². The highest BCUT2D eigenvalue weighted by Crippen LogP contribution is 2.36. The molecule has 0 fully saturated rings. The first kappa shape index (κ1) is 20.4. The number of allylic oxidation sites excluding steroid dienone is 2. The van der Waals surface area contributed by atoms with E-state index in [1.54, 1.807) is 6.92 Å². The zero-order valence-corrected chi connectivity index (χ0v) is 18.0.